The van der Waals surface area contributed by atoms with Gasteiger partial charge in [0.15, 0.2) is 5.13 Å². The SMILES string of the molecule is CN(c1nc(C2CC2)c(CO)s1)C1CCC(C)(C)CC1. The van der Waals surface area contributed by atoms with Gasteiger partial charge in [0, 0.05) is 19.0 Å². The Morgan fingerprint density at radius 3 is 2.45 bits per heavy atom. The molecule has 0 bridgehead atoms. The number of thiazole rings is 1. The van der Waals surface area contributed by atoms with Crippen LogP contribution in [0.5, 0.6) is 0 Å². The predicted molar refractivity (Wildman–Crippen MR) is 84.5 cm³/mol. The van der Waals surface area contributed by atoms with Crippen LogP contribution in [-0.4, -0.2) is 23.2 Å². The Morgan fingerprint density at radius 1 is 1.25 bits per heavy atom. The van der Waals surface area contributed by atoms with E-state index < -0.39 is 0 Å². The van der Waals surface area contributed by atoms with Crippen LogP contribution in [0.2, 0.25) is 0 Å². The van der Waals surface area contributed by atoms with Gasteiger partial charge in [-0.05, 0) is 43.9 Å². The third-order valence-electron chi connectivity index (χ3n) is 4.98. The molecular weight excluding hydrogens is 268 g/mol. The lowest BCUT2D eigenvalue weighted by atomic mass is 9.75. The monoisotopic (exact) mass is 294 g/mol. The lowest BCUT2D eigenvalue weighted by Gasteiger charge is -2.38. The molecule has 0 aliphatic heterocycles. The molecule has 3 nitrogen and oxygen atoms in total. The van der Waals surface area contributed by atoms with Gasteiger partial charge in [-0.3, -0.25) is 0 Å². The zero-order chi connectivity index (χ0) is 14.3. The van der Waals surface area contributed by atoms with Crippen LogP contribution in [0.15, 0.2) is 0 Å². The highest BCUT2D eigenvalue weighted by atomic mass is 32.1. The molecule has 0 aromatic carbocycles. The fourth-order valence-corrected chi connectivity index (χ4v) is 4.26. The second-order valence-corrected chi connectivity index (χ2v) is 8.31. The number of nitrogens with zero attached hydrogens (tertiary/aromatic N) is 2. The van der Waals surface area contributed by atoms with E-state index >= 15 is 0 Å². The molecule has 1 aromatic heterocycles. The standard InChI is InChI=1S/C16H26N2OS/c1-16(2)8-6-12(7-9-16)18(3)15-17-14(11-4-5-11)13(10-19)20-15/h11-12,19H,4-10H2,1-3H3. The van der Waals surface area contributed by atoms with Crippen molar-refractivity contribution in [2.75, 3.05) is 11.9 Å². The normalized spacial score (nSPS) is 23.0. The quantitative estimate of drug-likeness (QED) is 0.914. The van der Waals surface area contributed by atoms with E-state index in [0.717, 1.165) is 10.0 Å². The number of anilines is 1. The van der Waals surface area contributed by atoms with Gasteiger partial charge in [0.1, 0.15) is 0 Å². The lowest BCUT2D eigenvalue weighted by Crippen LogP contribution is -2.37. The second-order valence-electron chi connectivity index (χ2n) is 7.24. The second kappa shape index (κ2) is 5.30. The minimum atomic E-state index is 0.148. The Labute approximate surface area is 126 Å². The minimum absolute atomic E-state index is 0.148. The molecule has 3 rings (SSSR count). The van der Waals surface area contributed by atoms with E-state index in [2.05, 4.69) is 25.8 Å². The summed E-state index contributed by atoms with van der Waals surface area (Å²) in [4.78, 5) is 8.29. The van der Waals surface area contributed by atoms with E-state index in [1.807, 2.05) is 0 Å². The predicted octanol–water partition coefficient (Wildman–Crippen LogP) is 3.92. The average Bonchev–Trinajstić information content (AvgIpc) is 3.17. The molecule has 1 N–H and O–H groups in total. The molecule has 0 amide bonds. The summed E-state index contributed by atoms with van der Waals surface area (Å²) in [5, 5.41) is 10.6. The maximum absolute atomic E-state index is 9.52. The first-order chi connectivity index (χ1) is 9.50. The van der Waals surface area contributed by atoms with Gasteiger partial charge >= 0.3 is 0 Å². The number of hydrogen-bond donors (Lipinski definition) is 1. The van der Waals surface area contributed by atoms with Crippen LogP contribution in [0, 0.1) is 5.41 Å². The molecule has 2 fully saturated rings. The van der Waals surface area contributed by atoms with Gasteiger partial charge in [0.05, 0.1) is 17.2 Å². The Bertz CT molecular complexity index is 469. The van der Waals surface area contributed by atoms with Crippen molar-refractivity contribution in [3.8, 4) is 0 Å². The van der Waals surface area contributed by atoms with Crippen molar-refractivity contribution in [2.24, 2.45) is 5.41 Å². The summed E-state index contributed by atoms with van der Waals surface area (Å²) in [5.74, 6) is 0.626. The van der Waals surface area contributed by atoms with Crippen LogP contribution in [0.1, 0.15) is 68.9 Å². The van der Waals surface area contributed by atoms with Gasteiger partial charge in [-0.2, -0.15) is 0 Å². The highest BCUT2D eigenvalue weighted by Gasteiger charge is 2.33. The molecular formula is C16H26N2OS. The van der Waals surface area contributed by atoms with Crippen molar-refractivity contribution < 1.29 is 5.11 Å². The summed E-state index contributed by atoms with van der Waals surface area (Å²) < 4.78 is 0. The smallest absolute Gasteiger partial charge is 0.185 e. The molecule has 2 saturated carbocycles. The van der Waals surface area contributed by atoms with Crippen molar-refractivity contribution in [3.63, 3.8) is 0 Å². The first-order valence-electron chi connectivity index (χ1n) is 7.83. The Kier molecular flexibility index (Phi) is 3.80. The van der Waals surface area contributed by atoms with Crippen LogP contribution in [0.3, 0.4) is 0 Å². The number of aliphatic hydroxyl groups excluding tert-OH is 1. The number of rotatable bonds is 4. The molecule has 20 heavy (non-hydrogen) atoms. The zero-order valence-corrected chi connectivity index (χ0v) is 13.7. The molecule has 1 aromatic rings. The molecule has 2 aliphatic carbocycles. The topological polar surface area (TPSA) is 36.4 Å². The van der Waals surface area contributed by atoms with Gasteiger partial charge < -0.3 is 10.0 Å². The summed E-state index contributed by atoms with van der Waals surface area (Å²) in [5.41, 5.74) is 1.69. The molecule has 4 heteroatoms. The van der Waals surface area contributed by atoms with Gasteiger partial charge in [0.25, 0.3) is 0 Å². The van der Waals surface area contributed by atoms with E-state index in [4.69, 9.17) is 4.98 Å². The summed E-state index contributed by atoms with van der Waals surface area (Å²) in [6.45, 7) is 4.90. The molecule has 112 valence electrons. The first kappa shape index (κ1) is 14.3. The number of aliphatic hydroxyl groups is 1. The first-order valence-corrected chi connectivity index (χ1v) is 8.65. The fraction of sp³-hybridized carbons (Fsp3) is 0.812. The van der Waals surface area contributed by atoms with Crippen LogP contribution in [-0.2, 0) is 6.61 Å². The third-order valence-corrected chi connectivity index (χ3v) is 6.13. The highest BCUT2D eigenvalue weighted by molar-refractivity contribution is 7.15. The third kappa shape index (κ3) is 2.86. The lowest BCUT2D eigenvalue weighted by molar-refractivity contribution is 0.222. The van der Waals surface area contributed by atoms with Crippen molar-refractivity contribution in [2.45, 2.75) is 70.9 Å². The van der Waals surface area contributed by atoms with Gasteiger partial charge in [-0.25, -0.2) is 4.98 Å². The van der Waals surface area contributed by atoms with Crippen molar-refractivity contribution in [3.05, 3.63) is 10.6 Å². The fourth-order valence-electron chi connectivity index (χ4n) is 3.22. The van der Waals surface area contributed by atoms with E-state index in [0.29, 0.717) is 17.4 Å². The summed E-state index contributed by atoms with van der Waals surface area (Å²) >= 11 is 1.69. The largest absolute Gasteiger partial charge is 0.391 e. The van der Waals surface area contributed by atoms with E-state index in [9.17, 15) is 5.11 Å². The van der Waals surface area contributed by atoms with Crippen molar-refractivity contribution in [1.82, 2.24) is 4.98 Å². The number of hydrogen-bond acceptors (Lipinski definition) is 4. The summed E-state index contributed by atoms with van der Waals surface area (Å²) in [6.07, 6.45) is 7.62. The van der Waals surface area contributed by atoms with Gasteiger partial charge in [0.2, 0.25) is 0 Å². The van der Waals surface area contributed by atoms with Crippen LogP contribution in [0.4, 0.5) is 5.13 Å². The Hall–Kier alpha value is -0.610. The average molecular weight is 294 g/mol. The maximum Gasteiger partial charge on any atom is 0.185 e. The maximum atomic E-state index is 9.52. The van der Waals surface area contributed by atoms with Crippen molar-refractivity contribution >= 4 is 16.5 Å². The van der Waals surface area contributed by atoms with Gasteiger partial charge in [-0.15, -0.1) is 0 Å². The Morgan fingerprint density at radius 2 is 1.90 bits per heavy atom. The zero-order valence-electron chi connectivity index (χ0n) is 12.9. The summed E-state index contributed by atoms with van der Waals surface area (Å²) in [7, 11) is 2.18. The molecule has 0 saturated heterocycles. The van der Waals surface area contributed by atoms with E-state index in [1.165, 1.54) is 44.2 Å². The summed E-state index contributed by atoms with van der Waals surface area (Å²) in [6, 6.07) is 0.618. The molecule has 2 aliphatic rings. The molecule has 0 spiro atoms. The molecule has 1 heterocycles. The molecule has 0 atom stereocenters. The molecule has 0 radical (unpaired) electrons. The van der Waals surface area contributed by atoms with Gasteiger partial charge in [-0.1, -0.05) is 25.2 Å². The van der Waals surface area contributed by atoms with E-state index in [-0.39, 0.29) is 6.61 Å². The van der Waals surface area contributed by atoms with Crippen molar-refractivity contribution in [1.29, 1.82) is 0 Å². The van der Waals surface area contributed by atoms with E-state index in [1.54, 1.807) is 11.3 Å². The highest BCUT2D eigenvalue weighted by Crippen LogP contribution is 2.45. The van der Waals surface area contributed by atoms with Crippen LogP contribution in [0.25, 0.3) is 0 Å². The number of aromatic nitrogens is 1. The van der Waals surface area contributed by atoms with Crippen LogP contribution < -0.4 is 4.90 Å². The minimum Gasteiger partial charge on any atom is -0.391 e. The molecule has 0 unspecified atom stereocenters. The van der Waals surface area contributed by atoms with Crippen LogP contribution >= 0.6 is 11.3 Å². The Balaban J connectivity index is 1.72.